The molecular formula is C11H15NO4S2. The summed E-state index contributed by atoms with van der Waals surface area (Å²) in [7, 11) is -3.67. The number of sulfonamides is 1. The van der Waals surface area contributed by atoms with Crippen molar-refractivity contribution in [2.75, 3.05) is 6.54 Å². The topological polar surface area (TPSA) is 74.7 Å². The van der Waals surface area contributed by atoms with Gasteiger partial charge in [0.2, 0.25) is 0 Å². The maximum absolute atomic E-state index is 12.4. The molecule has 100 valence electrons. The Labute approximate surface area is 110 Å². The molecule has 1 aliphatic carbocycles. The van der Waals surface area contributed by atoms with Gasteiger partial charge in [-0.25, -0.2) is 8.42 Å². The van der Waals surface area contributed by atoms with Gasteiger partial charge in [0.15, 0.2) is 0 Å². The molecule has 1 aromatic rings. The van der Waals surface area contributed by atoms with E-state index in [0.717, 1.165) is 41.3 Å². The predicted octanol–water partition coefficient (Wildman–Crippen LogP) is 1.77. The fraction of sp³-hybridized carbons (Fsp3) is 0.545. The third-order valence-electron chi connectivity index (χ3n) is 3.08. The van der Waals surface area contributed by atoms with Gasteiger partial charge in [-0.2, -0.15) is 4.31 Å². The summed E-state index contributed by atoms with van der Waals surface area (Å²) in [6, 6.07) is 3.00. The van der Waals surface area contributed by atoms with Crippen molar-refractivity contribution in [2.45, 2.75) is 35.9 Å². The molecule has 0 aromatic carbocycles. The highest BCUT2D eigenvalue weighted by atomic mass is 32.2. The number of aliphatic carboxylic acids is 1. The minimum Gasteiger partial charge on any atom is -0.480 e. The Hall–Kier alpha value is -0.920. The molecule has 1 saturated carbocycles. The van der Waals surface area contributed by atoms with E-state index in [4.69, 9.17) is 5.11 Å². The molecule has 5 nitrogen and oxygen atoms in total. The lowest BCUT2D eigenvalue weighted by molar-refractivity contribution is -0.137. The molecule has 0 atom stereocenters. The van der Waals surface area contributed by atoms with E-state index >= 15 is 0 Å². The first kappa shape index (κ1) is 13.5. The molecule has 0 radical (unpaired) electrons. The first-order chi connectivity index (χ1) is 8.51. The van der Waals surface area contributed by atoms with Gasteiger partial charge in [-0.3, -0.25) is 4.79 Å². The maximum Gasteiger partial charge on any atom is 0.318 e. The quantitative estimate of drug-likeness (QED) is 0.896. The van der Waals surface area contributed by atoms with Crippen LogP contribution in [0.3, 0.4) is 0 Å². The first-order valence-corrected chi connectivity index (χ1v) is 8.11. The van der Waals surface area contributed by atoms with E-state index in [1.165, 1.54) is 6.07 Å². The van der Waals surface area contributed by atoms with E-state index in [1.54, 1.807) is 11.4 Å². The maximum atomic E-state index is 12.4. The Morgan fingerprint density at radius 2 is 2.11 bits per heavy atom. The summed E-state index contributed by atoms with van der Waals surface area (Å²) in [5.41, 5.74) is 0. The van der Waals surface area contributed by atoms with Gasteiger partial charge in [0.1, 0.15) is 10.8 Å². The second-order valence-corrected chi connectivity index (χ2v) is 7.38. The average molecular weight is 289 g/mol. The zero-order chi connectivity index (χ0) is 13.2. The van der Waals surface area contributed by atoms with Crippen LogP contribution < -0.4 is 0 Å². The van der Waals surface area contributed by atoms with Gasteiger partial charge in [0, 0.05) is 6.04 Å². The van der Waals surface area contributed by atoms with E-state index in [1.807, 2.05) is 0 Å². The molecule has 18 heavy (non-hydrogen) atoms. The van der Waals surface area contributed by atoms with Gasteiger partial charge < -0.3 is 5.11 Å². The first-order valence-electron chi connectivity index (χ1n) is 5.79. The standard InChI is InChI=1S/C11H15NO4S2/c13-10(14)8-12(9-4-1-2-5-9)18(15,16)11-6-3-7-17-11/h3,6-7,9H,1-2,4-5,8H2,(H,13,14). The van der Waals surface area contributed by atoms with E-state index in [-0.39, 0.29) is 10.3 Å². The predicted molar refractivity (Wildman–Crippen MR) is 68.1 cm³/mol. The Kier molecular flexibility index (Phi) is 4.04. The van der Waals surface area contributed by atoms with Crippen LogP contribution in [0.5, 0.6) is 0 Å². The van der Waals surface area contributed by atoms with Crippen molar-refractivity contribution in [1.29, 1.82) is 0 Å². The molecule has 1 N–H and O–H groups in total. The molecule has 7 heteroatoms. The fourth-order valence-corrected chi connectivity index (χ4v) is 5.02. The van der Waals surface area contributed by atoms with Crippen LogP contribution in [0.4, 0.5) is 0 Å². The minimum atomic E-state index is -3.67. The van der Waals surface area contributed by atoms with Crippen molar-refractivity contribution in [2.24, 2.45) is 0 Å². The van der Waals surface area contributed by atoms with Crippen LogP contribution in [0.15, 0.2) is 21.7 Å². The van der Waals surface area contributed by atoms with Gasteiger partial charge >= 0.3 is 5.97 Å². The van der Waals surface area contributed by atoms with Gasteiger partial charge in [-0.15, -0.1) is 11.3 Å². The van der Waals surface area contributed by atoms with Gasteiger partial charge in [-0.05, 0) is 24.3 Å². The zero-order valence-electron chi connectivity index (χ0n) is 9.78. The zero-order valence-corrected chi connectivity index (χ0v) is 11.4. The number of hydrogen-bond acceptors (Lipinski definition) is 4. The smallest absolute Gasteiger partial charge is 0.318 e. The number of hydrogen-bond donors (Lipinski definition) is 1. The lowest BCUT2D eigenvalue weighted by Gasteiger charge is -2.25. The normalized spacial score (nSPS) is 17.4. The molecule has 1 fully saturated rings. The number of nitrogens with zero attached hydrogens (tertiary/aromatic N) is 1. The van der Waals surface area contributed by atoms with Crippen molar-refractivity contribution in [3.05, 3.63) is 17.5 Å². The van der Waals surface area contributed by atoms with Crippen molar-refractivity contribution in [1.82, 2.24) is 4.31 Å². The minimum absolute atomic E-state index is 0.173. The summed E-state index contributed by atoms with van der Waals surface area (Å²) < 4.78 is 26.1. The fourth-order valence-electron chi connectivity index (χ4n) is 2.26. The molecule has 0 amide bonds. The Morgan fingerprint density at radius 1 is 1.44 bits per heavy atom. The lowest BCUT2D eigenvalue weighted by Crippen LogP contribution is -2.41. The SMILES string of the molecule is O=C(O)CN(C1CCCC1)S(=O)(=O)c1cccs1. The highest BCUT2D eigenvalue weighted by molar-refractivity contribution is 7.91. The van der Waals surface area contributed by atoms with Gasteiger partial charge in [0.05, 0.1) is 0 Å². The summed E-state index contributed by atoms with van der Waals surface area (Å²) >= 11 is 1.12. The Morgan fingerprint density at radius 3 is 2.61 bits per heavy atom. The van der Waals surface area contributed by atoms with E-state index in [9.17, 15) is 13.2 Å². The molecular weight excluding hydrogens is 274 g/mol. The van der Waals surface area contributed by atoms with Crippen LogP contribution >= 0.6 is 11.3 Å². The van der Waals surface area contributed by atoms with Crippen molar-refractivity contribution in [3.8, 4) is 0 Å². The highest BCUT2D eigenvalue weighted by Gasteiger charge is 2.35. The van der Waals surface area contributed by atoms with Gasteiger partial charge in [-0.1, -0.05) is 18.9 Å². The number of carboxylic acids is 1. The highest BCUT2D eigenvalue weighted by Crippen LogP contribution is 2.30. The Bertz CT molecular complexity index is 503. The molecule has 1 aromatic heterocycles. The van der Waals surface area contributed by atoms with Crippen molar-refractivity contribution >= 4 is 27.3 Å². The van der Waals surface area contributed by atoms with Crippen molar-refractivity contribution in [3.63, 3.8) is 0 Å². The lowest BCUT2D eigenvalue weighted by atomic mass is 10.2. The summed E-state index contributed by atoms with van der Waals surface area (Å²) in [5, 5.41) is 10.6. The molecule has 0 bridgehead atoms. The van der Waals surface area contributed by atoms with Crippen LogP contribution in [-0.2, 0) is 14.8 Å². The van der Waals surface area contributed by atoms with Crippen molar-refractivity contribution < 1.29 is 18.3 Å². The molecule has 0 spiro atoms. The number of rotatable bonds is 5. The number of carbonyl (C=O) groups is 1. The van der Waals surface area contributed by atoms with Gasteiger partial charge in [0.25, 0.3) is 10.0 Å². The summed E-state index contributed by atoms with van der Waals surface area (Å²) in [6.07, 6.45) is 3.41. The van der Waals surface area contributed by atoms with E-state index in [2.05, 4.69) is 0 Å². The third kappa shape index (κ3) is 2.73. The van der Waals surface area contributed by atoms with Crippen LogP contribution in [0, 0.1) is 0 Å². The van der Waals surface area contributed by atoms with E-state index in [0.29, 0.717) is 0 Å². The van der Waals surface area contributed by atoms with Crippen LogP contribution in [0.25, 0.3) is 0 Å². The van der Waals surface area contributed by atoms with Crippen LogP contribution in [-0.4, -0.2) is 36.4 Å². The van der Waals surface area contributed by atoms with E-state index < -0.39 is 22.5 Å². The summed E-state index contributed by atoms with van der Waals surface area (Å²) in [5.74, 6) is -1.11. The average Bonchev–Trinajstić information content (AvgIpc) is 2.98. The summed E-state index contributed by atoms with van der Waals surface area (Å²) in [6.45, 7) is -0.453. The number of carboxylic acid groups (broad SMARTS) is 1. The second-order valence-electron chi connectivity index (χ2n) is 4.31. The molecule has 0 saturated heterocycles. The third-order valence-corrected chi connectivity index (χ3v) is 6.35. The Balaban J connectivity index is 2.30. The summed E-state index contributed by atoms with van der Waals surface area (Å²) in [4.78, 5) is 10.9. The molecule has 2 rings (SSSR count). The molecule has 0 aliphatic heterocycles. The molecule has 0 unspecified atom stereocenters. The van der Waals surface area contributed by atoms with Crippen LogP contribution in [0.2, 0.25) is 0 Å². The monoisotopic (exact) mass is 289 g/mol. The number of thiophene rings is 1. The second kappa shape index (κ2) is 5.38. The van der Waals surface area contributed by atoms with Crippen LogP contribution in [0.1, 0.15) is 25.7 Å². The molecule has 1 heterocycles. The largest absolute Gasteiger partial charge is 0.480 e. The molecule has 1 aliphatic rings.